The van der Waals surface area contributed by atoms with E-state index < -0.39 is 0 Å². The average Bonchev–Trinajstić information content (AvgIpc) is 2.68. The Balaban J connectivity index is 1.66. The highest BCUT2D eigenvalue weighted by atomic mass is 35.5. The first-order chi connectivity index (χ1) is 13.1. The van der Waals surface area contributed by atoms with Crippen LogP contribution in [0.2, 0.25) is 5.02 Å². The van der Waals surface area contributed by atoms with Crippen molar-refractivity contribution < 1.29 is 4.79 Å². The lowest BCUT2D eigenvalue weighted by Gasteiger charge is -2.35. The van der Waals surface area contributed by atoms with Gasteiger partial charge < -0.3 is 10.2 Å². The van der Waals surface area contributed by atoms with Crippen LogP contribution in [-0.4, -0.2) is 39.9 Å². The van der Waals surface area contributed by atoms with Crippen LogP contribution in [0.25, 0.3) is 0 Å². The van der Waals surface area contributed by atoms with Gasteiger partial charge in [-0.25, -0.2) is 9.97 Å². The fourth-order valence-electron chi connectivity index (χ4n) is 3.57. The highest BCUT2D eigenvalue weighted by Gasteiger charge is 2.27. The van der Waals surface area contributed by atoms with Crippen LogP contribution in [0.3, 0.4) is 0 Å². The summed E-state index contributed by atoms with van der Waals surface area (Å²) in [4.78, 5) is 23.9. The Labute approximate surface area is 166 Å². The molecule has 1 aromatic carbocycles. The maximum absolute atomic E-state index is 13.0. The third-order valence-corrected chi connectivity index (χ3v) is 5.29. The van der Waals surface area contributed by atoms with Gasteiger partial charge in [-0.15, -0.1) is 0 Å². The summed E-state index contributed by atoms with van der Waals surface area (Å²) in [7, 11) is 0. The van der Waals surface area contributed by atoms with Crippen molar-refractivity contribution in [3.63, 3.8) is 0 Å². The lowest BCUT2D eigenvalue weighted by atomic mass is 9.99. The number of piperidine rings is 1. The second-order valence-electron chi connectivity index (χ2n) is 7.08. The van der Waals surface area contributed by atoms with Gasteiger partial charge in [-0.3, -0.25) is 4.79 Å². The number of rotatable bonds is 6. The average molecular weight is 387 g/mol. The molecule has 2 heterocycles. The van der Waals surface area contributed by atoms with Crippen LogP contribution in [-0.2, 0) is 6.42 Å². The van der Waals surface area contributed by atoms with Gasteiger partial charge >= 0.3 is 0 Å². The molecule has 1 atom stereocenters. The molecule has 2 aromatic rings. The number of benzene rings is 1. The van der Waals surface area contributed by atoms with Gasteiger partial charge in [0.2, 0.25) is 5.95 Å². The minimum absolute atomic E-state index is 0.0211. The van der Waals surface area contributed by atoms with Crippen molar-refractivity contribution >= 4 is 23.5 Å². The summed E-state index contributed by atoms with van der Waals surface area (Å²) in [5.41, 5.74) is 2.47. The zero-order valence-electron chi connectivity index (χ0n) is 16.0. The smallest absolute Gasteiger partial charge is 0.272 e. The predicted molar refractivity (Wildman–Crippen MR) is 109 cm³/mol. The number of carbonyl (C=O) groups is 1. The fourth-order valence-corrected chi connectivity index (χ4v) is 3.69. The van der Waals surface area contributed by atoms with E-state index in [1.54, 1.807) is 6.07 Å². The van der Waals surface area contributed by atoms with Crippen molar-refractivity contribution in [1.82, 2.24) is 14.9 Å². The summed E-state index contributed by atoms with van der Waals surface area (Å²) in [5.74, 6) is 0.533. The highest BCUT2D eigenvalue weighted by Crippen LogP contribution is 2.22. The van der Waals surface area contributed by atoms with E-state index in [-0.39, 0.29) is 5.91 Å². The van der Waals surface area contributed by atoms with E-state index in [0.29, 0.717) is 24.2 Å². The van der Waals surface area contributed by atoms with E-state index in [1.165, 1.54) is 12.0 Å². The van der Waals surface area contributed by atoms with E-state index >= 15 is 0 Å². The molecule has 3 rings (SSSR count). The van der Waals surface area contributed by atoms with Gasteiger partial charge in [0.25, 0.3) is 5.91 Å². The minimum atomic E-state index is 0.0211. The molecule has 0 bridgehead atoms. The summed E-state index contributed by atoms with van der Waals surface area (Å²) in [6, 6.07) is 9.91. The number of hydrogen-bond acceptors (Lipinski definition) is 4. The lowest BCUT2D eigenvalue weighted by molar-refractivity contribution is 0.0601. The molecule has 1 aliphatic heterocycles. The third-order valence-electron chi connectivity index (χ3n) is 5.04. The zero-order chi connectivity index (χ0) is 19.2. The van der Waals surface area contributed by atoms with Crippen LogP contribution < -0.4 is 5.32 Å². The number of aryl methyl sites for hydroxylation is 1. The van der Waals surface area contributed by atoms with Crippen LogP contribution in [0.5, 0.6) is 0 Å². The SMILES string of the molecule is CCC1CCCCN1C(=O)c1cc(C)nc(NCCc2ccc(Cl)cc2)n1. The summed E-state index contributed by atoms with van der Waals surface area (Å²) in [6.45, 7) is 5.56. The number of amides is 1. The largest absolute Gasteiger partial charge is 0.354 e. The molecule has 0 saturated carbocycles. The number of halogens is 1. The van der Waals surface area contributed by atoms with Crippen LogP contribution >= 0.6 is 11.6 Å². The molecule has 0 radical (unpaired) electrons. The van der Waals surface area contributed by atoms with Gasteiger partial charge in [-0.1, -0.05) is 30.7 Å². The van der Waals surface area contributed by atoms with E-state index in [4.69, 9.17) is 11.6 Å². The summed E-state index contributed by atoms with van der Waals surface area (Å²) >= 11 is 5.92. The maximum atomic E-state index is 13.0. The van der Waals surface area contributed by atoms with Gasteiger partial charge in [-0.05, 0) is 62.8 Å². The molecule has 0 aliphatic carbocycles. The first-order valence-electron chi connectivity index (χ1n) is 9.71. The maximum Gasteiger partial charge on any atom is 0.272 e. The van der Waals surface area contributed by atoms with Crippen molar-refractivity contribution in [1.29, 1.82) is 0 Å². The minimum Gasteiger partial charge on any atom is -0.354 e. The standard InChI is InChI=1S/C21H27ClN4O/c1-3-18-6-4-5-13-26(18)20(27)19-14-15(2)24-21(25-19)23-12-11-16-7-9-17(22)10-8-16/h7-10,14,18H,3-6,11-13H2,1-2H3,(H,23,24,25). The van der Waals surface area contributed by atoms with Crippen LogP contribution in [0.15, 0.2) is 30.3 Å². The topological polar surface area (TPSA) is 58.1 Å². The van der Waals surface area contributed by atoms with Gasteiger partial charge in [0, 0.05) is 29.8 Å². The summed E-state index contributed by atoms with van der Waals surface area (Å²) < 4.78 is 0. The van der Waals surface area contributed by atoms with Crippen LogP contribution in [0, 0.1) is 6.92 Å². The molecule has 5 nitrogen and oxygen atoms in total. The molecule has 1 amide bonds. The number of nitrogens with zero attached hydrogens (tertiary/aromatic N) is 3. The van der Waals surface area contributed by atoms with Gasteiger partial charge in [0.05, 0.1) is 0 Å². The number of aromatic nitrogens is 2. The molecule has 144 valence electrons. The summed E-state index contributed by atoms with van der Waals surface area (Å²) in [6.07, 6.45) is 5.17. The van der Waals surface area contributed by atoms with Crippen molar-refractivity contribution in [3.8, 4) is 0 Å². The first-order valence-corrected chi connectivity index (χ1v) is 10.1. The highest BCUT2D eigenvalue weighted by molar-refractivity contribution is 6.30. The molecule has 1 N–H and O–H groups in total. The van der Waals surface area contributed by atoms with Crippen LogP contribution in [0.1, 0.15) is 54.4 Å². The van der Waals surface area contributed by atoms with E-state index in [0.717, 1.165) is 42.9 Å². The Morgan fingerprint density at radius 3 is 2.78 bits per heavy atom. The number of anilines is 1. The molecular formula is C21H27ClN4O. The first kappa shape index (κ1) is 19.6. The second kappa shape index (κ2) is 9.18. The van der Waals surface area contributed by atoms with E-state index in [9.17, 15) is 4.79 Å². The Morgan fingerprint density at radius 1 is 1.26 bits per heavy atom. The molecule has 0 spiro atoms. The van der Waals surface area contributed by atoms with Crippen molar-refractivity contribution in [3.05, 3.63) is 52.3 Å². The predicted octanol–water partition coefficient (Wildman–Crippen LogP) is 4.50. The Morgan fingerprint density at radius 2 is 2.04 bits per heavy atom. The Bertz CT molecular complexity index is 778. The van der Waals surface area contributed by atoms with Gasteiger partial charge in [-0.2, -0.15) is 0 Å². The number of carbonyl (C=O) groups excluding carboxylic acids is 1. The molecule has 1 aliphatic rings. The quantitative estimate of drug-likeness (QED) is 0.794. The monoisotopic (exact) mass is 386 g/mol. The van der Waals surface area contributed by atoms with Crippen molar-refractivity contribution in [2.45, 2.75) is 52.0 Å². The Kier molecular flexibility index (Phi) is 6.67. The molecule has 6 heteroatoms. The summed E-state index contributed by atoms with van der Waals surface area (Å²) in [5, 5.41) is 3.98. The molecule has 1 aromatic heterocycles. The van der Waals surface area contributed by atoms with E-state index in [2.05, 4.69) is 22.2 Å². The molecule has 1 fully saturated rings. The van der Waals surface area contributed by atoms with Crippen LogP contribution in [0.4, 0.5) is 5.95 Å². The van der Waals surface area contributed by atoms with Crippen molar-refractivity contribution in [2.24, 2.45) is 0 Å². The normalized spacial score (nSPS) is 17.0. The van der Waals surface area contributed by atoms with E-state index in [1.807, 2.05) is 36.1 Å². The van der Waals surface area contributed by atoms with Gasteiger partial charge in [0.1, 0.15) is 5.69 Å². The number of hydrogen-bond donors (Lipinski definition) is 1. The lowest BCUT2D eigenvalue weighted by Crippen LogP contribution is -2.43. The molecular weight excluding hydrogens is 360 g/mol. The molecule has 27 heavy (non-hydrogen) atoms. The zero-order valence-corrected chi connectivity index (χ0v) is 16.8. The number of likely N-dealkylation sites (tertiary alicyclic amines) is 1. The number of nitrogens with one attached hydrogen (secondary N) is 1. The fraction of sp³-hybridized carbons (Fsp3) is 0.476. The third kappa shape index (κ3) is 5.19. The second-order valence-corrected chi connectivity index (χ2v) is 7.51. The van der Waals surface area contributed by atoms with Gasteiger partial charge in [0.15, 0.2) is 0 Å². The Hall–Kier alpha value is -2.14. The molecule has 1 saturated heterocycles. The molecule has 1 unspecified atom stereocenters. The van der Waals surface area contributed by atoms with Crippen molar-refractivity contribution in [2.75, 3.05) is 18.4 Å².